The third kappa shape index (κ3) is 9.57. The number of aryl methyl sites for hydroxylation is 6. The van der Waals surface area contributed by atoms with Crippen molar-refractivity contribution < 1.29 is 23.9 Å². The van der Waals surface area contributed by atoms with Crippen molar-refractivity contribution in [2.45, 2.75) is 64.7 Å². The Morgan fingerprint density at radius 1 is 0.679 bits per heavy atom. The van der Waals surface area contributed by atoms with Crippen molar-refractivity contribution in [1.29, 1.82) is 0 Å². The maximum atomic E-state index is 9.32. The van der Waals surface area contributed by atoms with Gasteiger partial charge in [-0.1, -0.05) is 6.07 Å². The van der Waals surface area contributed by atoms with Gasteiger partial charge in [0.15, 0.2) is 18.9 Å². The maximum Gasteiger partial charge on any atom is 0.350 e. The van der Waals surface area contributed by atoms with E-state index in [-0.39, 0.29) is 13.2 Å². The average Bonchev–Trinajstić information content (AvgIpc) is 3.64. The number of azo groups is 2. The van der Waals surface area contributed by atoms with Crippen LogP contribution in [0.15, 0.2) is 124 Å². The topological polar surface area (TPSA) is 113 Å². The highest BCUT2D eigenvalue weighted by Crippen LogP contribution is 2.38. The van der Waals surface area contributed by atoms with Crippen LogP contribution in [0.1, 0.15) is 36.8 Å². The fourth-order valence-corrected chi connectivity index (χ4v) is 7.43. The number of aliphatic hydroxyl groups is 2. The lowest BCUT2D eigenvalue weighted by Crippen LogP contribution is -2.37. The average molecular weight is 716 g/mol. The minimum absolute atomic E-state index is 0.0283. The van der Waals surface area contributed by atoms with E-state index in [2.05, 4.69) is 92.9 Å². The SMILES string of the molecule is OCCN(CCO)c1ccc(/N=N/c2cccc[n+]2CCCn2cc[n+](CCC[n+]3cccc(/N=N/c4cc5c6c(c4)CCCN6CCC5)c3)c2)cc1. The standard InChI is InChI=1S/C41H51N10O2/c52-28-26-49(27-29-53)39-14-12-36(13-15-39)42-45-40-11-1-2-20-50(40)23-7-19-48-25-24-47(33-48)18-6-17-46-16-5-10-37(32-46)43-44-38-30-34-8-3-21-51-22-4-9-35(31-38)41(34)51/h1-2,5,10-16,20,24-25,30-33,52-53H,3-4,6-9,17-19,21-23,26-29H2/q+3/b44-43+. The number of rotatable bonds is 17. The molecule has 0 atom stereocenters. The summed E-state index contributed by atoms with van der Waals surface area (Å²) in [5, 5.41) is 36.9. The second kappa shape index (κ2) is 17.9. The number of nitrogens with zero attached hydrogens (tertiary/aromatic N) is 10. The van der Waals surface area contributed by atoms with E-state index < -0.39 is 0 Å². The molecule has 5 heterocycles. The zero-order valence-electron chi connectivity index (χ0n) is 30.5. The molecule has 0 unspecified atom stereocenters. The van der Waals surface area contributed by atoms with Crippen LogP contribution in [0.4, 0.5) is 34.3 Å². The Morgan fingerprint density at radius 2 is 1.42 bits per heavy atom. The number of hydrogen-bond acceptors (Lipinski definition) is 8. The maximum absolute atomic E-state index is 9.32. The Labute approximate surface area is 311 Å². The highest BCUT2D eigenvalue weighted by molar-refractivity contribution is 5.67. The van der Waals surface area contributed by atoms with Crippen LogP contribution in [0.2, 0.25) is 0 Å². The Balaban J connectivity index is 0.871. The van der Waals surface area contributed by atoms with Crippen molar-refractivity contribution in [3.8, 4) is 0 Å². The van der Waals surface area contributed by atoms with Crippen LogP contribution in [-0.4, -0.2) is 54.2 Å². The Hall–Kier alpha value is -5.33. The highest BCUT2D eigenvalue weighted by atomic mass is 16.3. The predicted octanol–water partition coefficient (Wildman–Crippen LogP) is 5.85. The molecule has 0 saturated carbocycles. The van der Waals surface area contributed by atoms with Crippen molar-refractivity contribution in [1.82, 2.24) is 4.57 Å². The summed E-state index contributed by atoms with van der Waals surface area (Å²) < 4.78 is 8.82. The summed E-state index contributed by atoms with van der Waals surface area (Å²) in [6, 6.07) is 22.2. The van der Waals surface area contributed by atoms with Gasteiger partial charge in [-0.2, -0.15) is 5.11 Å². The molecule has 2 aromatic carbocycles. The van der Waals surface area contributed by atoms with Gasteiger partial charge in [0.2, 0.25) is 6.33 Å². The van der Waals surface area contributed by atoms with Gasteiger partial charge in [0.25, 0.3) is 0 Å². The van der Waals surface area contributed by atoms with E-state index in [1.54, 1.807) is 0 Å². The fraction of sp³-hybridized carbons (Fsp3) is 0.390. The van der Waals surface area contributed by atoms with Crippen LogP contribution in [0.5, 0.6) is 0 Å². The summed E-state index contributed by atoms with van der Waals surface area (Å²) >= 11 is 0. The molecule has 2 N–H and O–H groups in total. The van der Waals surface area contributed by atoms with Gasteiger partial charge in [-0.05, 0) is 90.5 Å². The van der Waals surface area contributed by atoms with Crippen molar-refractivity contribution in [3.05, 3.63) is 115 Å². The molecule has 12 heteroatoms. The molecule has 0 radical (unpaired) electrons. The molecule has 53 heavy (non-hydrogen) atoms. The monoisotopic (exact) mass is 715 g/mol. The van der Waals surface area contributed by atoms with E-state index >= 15 is 0 Å². The molecular formula is C41H51N10O2+3. The first-order valence-corrected chi connectivity index (χ1v) is 19.0. The van der Waals surface area contributed by atoms with Crippen LogP contribution in [0.3, 0.4) is 0 Å². The number of pyridine rings is 2. The van der Waals surface area contributed by atoms with E-state index in [0.29, 0.717) is 13.1 Å². The number of aliphatic hydroxyl groups excluding tert-OH is 2. The molecule has 5 aromatic rings. The number of aromatic nitrogens is 4. The van der Waals surface area contributed by atoms with Crippen LogP contribution in [-0.2, 0) is 39.0 Å². The predicted molar refractivity (Wildman–Crippen MR) is 204 cm³/mol. The first-order chi connectivity index (χ1) is 26.1. The summed E-state index contributed by atoms with van der Waals surface area (Å²) in [5.74, 6) is 0.795. The van der Waals surface area contributed by atoms with Crippen molar-refractivity contribution in [3.63, 3.8) is 0 Å². The third-order valence-electron chi connectivity index (χ3n) is 9.97. The molecule has 12 nitrogen and oxygen atoms in total. The van der Waals surface area contributed by atoms with Gasteiger partial charge < -0.3 is 20.0 Å². The second-order valence-corrected chi connectivity index (χ2v) is 13.8. The number of hydrogen-bond donors (Lipinski definition) is 2. The van der Waals surface area contributed by atoms with E-state index in [0.717, 1.165) is 80.4 Å². The van der Waals surface area contributed by atoms with Gasteiger partial charge in [-0.15, -0.1) is 5.11 Å². The van der Waals surface area contributed by atoms with Gasteiger partial charge in [0.05, 0.1) is 49.8 Å². The summed E-state index contributed by atoms with van der Waals surface area (Å²) in [6.07, 6.45) is 19.4. The van der Waals surface area contributed by atoms with Gasteiger partial charge in [-0.25, -0.2) is 18.3 Å². The van der Waals surface area contributed by atoms with Crippen LogP contribution in [0.25, 0.3) is 0 Å². The molecule has 0 bridgehead atoms. The molecule has 2 aliphatic rings. The largest absolute Gasteiger partial charge is 0.395 e. The minimum atomic E-state index is 0.0283. The third-order valence-corrected chi connectivity index (χ3v) is 9.97. The number of imidazole rings is 1. The summed E-state index contributed by atoms with van der Waals surface area (Å²) in [4.78, 5) is 4.49. The summed E-state index contributed by atoms with van der Waals surface area (Å²) in [5.41, 5.74) is 7.84. The van der Waals surface area contributed by atoms with Gasteiger partial charge in [0, 0.05) is 62.5 Å². The zero-order valence-corrected chi connectivity index (χ0v) is 30.5. The number of benzene rings is 2. The lowest BCUT2D eigenvalue weighted by Gasteiger charge is -2.36. The smallest absolute Gasteiger partial charge is 0.350 e. The van der Waals surface area contributed by atoms with Gasteiger partial charge in [0.1, 0.15) is 23.8 Å². The molecule has 0 fully saturated rings. The quantitative estimate of drug-likeness (QED) is 0.0929. The molecule has 0 saturated heterocycles. The van der Waals surface area contributed by atoms with E-state index in [4.69, 9.17) is 0 Å². The first-order valence-electron chi connectivity index (χ1n) is 19.0. The van der Waals surface area contributed by atoms with Crippen LogP contribution < -0.4 is 23.5 Å². The molecular weight excluding hydrogens is 665 g/mol. The van der Waals surface area contributed by atoms with E-state index in [9.17, 15) is 10.2 Å². The minimum Gasteiger partial charge on any atom is -0.395 e. The molecule has 0 amide bonds. The van der Waals surface area contributed by atoms with Crippen molar-refractivity contribution in [2.24, 2.45) is 20.5 Å². The Bertz CT molecular complexity index is 1970. The lowest BCUT2D eigenvalue weighted by atomic mass is 9.91. The van der Waals surface area contributed by atoms with Crippen molar-refractivity contribution in [2.75, 3.05) is 49.2 Å². The van der Waals surface area contributed by atoms with Crippen LogP contribution >= 0.6 is 0 Å². The van der Waals surface area contributed by atoms with Gasteiger partial charge in [-0.3, -0.25) is 0 Å². The lowest BCUT2D eigenvalue weighted by molar-refractivity contribution is -0.726. The van der Waals surface area contributed by atoms with Crippen molar-refractivity contribution >= 4 is 34.3 Å². The molecule has 2 aliphatic heterocycles. The Morgan fingerprint density at radius 3 is 2.19 bits per heavy atom. The Kier molecular flexibility index (Phi) is 12.2. The fourth-order valence-electron chi connectivity index (χ4n) is 7.43. The molecule has 3 aromatic heterocycles. The molecule has 0 spiro atoms. The zero-order chi connectivity index (χ0) is 36.2. The van der Waals surface area contributed by atoms with Gasteiger partial charge >= 0.3 is 5.82 Å². The van der Waals surface area contributed by atoms with Crippen LogP contribution in [0, 0.1) is 0 Å². The summed E-state index contributed by atoms with van der Waals surface area (Å²) in [7, 11) is 0. The molecule has 0 aliphatic carbocycles. The normalized spacial score (nSPS) is 14.0. The second-order valence-electron chi connectivity index (χ2n) is 13.8. The molecule has 274 valence electrons. The van der Waals surface area contributed by atoms with E-state index in [1.165, 1.54) is 42.7 Å². The highest BCUT2D eigenvalue weighted by Gasteiger charge is 2.24. The van der Waals surface area contributed by atoms with E-state index in [1.807, 2.05) is 59.6 Å². The molecule has 7 rings (SSSR count). The number of anilines is 2. The summed E-state index contributed by atoms with van der Waals surface area (Å²) in [6.45, 7) is 6.90. The first kappa shape index (κ1) is 36.0.